The van der Waals surface area contributed by atoms with E-state index < -0.39 is 6.04 Å². The Morgan fingerprint density at radius 1 is 1.05 bits per heavy atom. The third-order valence-corrected chi connectivity index (χ3v) is 6.90. The van der Waals surface area contributed by atoms with Crippen LogP contribution in [0.1, 0.15) is 46.7 Å². The van der Waals surface area contributed by atoms with E-state index in [1.807, 2.05) is 67.6 Å². The molecule has 0 saturated heterocycles. The Labute approximate surface area is 243 Å². The van der Waals surface area contributed by atoms with Crippen LogP contribution in [-0.2, 0) is 4.79 Å². The van der Waals surface area contributed by atoms with Crippen molar-refractivity contribution in [2.75, 3.05) is 6.54 Å². The lowest BCUT2D eigenvalue weighted by molar-refractivity contribution is -0.116. The fraction of sp³-hybridized carbons (Fsp3) is 0.147. The van der Waals surface area contributed by atoms with Crippen molar-refractivity contribution < 1.29 is 9.59 Å². The third-order valence-electron chi connectivity index (χ3n) is 6.90. The fourth-order valence-electron chi connectivity index (χ4n) is 4.87. The number of fused-ring (bicyclic) bond motifs is 2. The second-order valence-electron chi connectivity index (χ2n) is 9.72. The Morgan fingerprint density at radius 2 is 1.83 bits per heavy atom. The molecule has 0 aliphatic rings. The van der Waals surface area contributed by atoms with Gasteiger partial charge < -0.3 is 10.6 Å². The van der Waals surface area contributed by atoms with E-state index in [1.54, 1.807) is 30.0 Å². The quantitative estimate of drug-likeness (QED) is 0.171. The van der Waals surface area contributed by atoms with Crippen LogP contribution < -0.4 is 16.2 Å². The molecular weight excluding hydrogens is 526 g/mol. The number of hydrogen-bond donors (Lipinski definition) is 2. The Balaban J connectivity index is 1.57. The van der Waals surface area contributed by atoms with E-state index in [0.717, 1.165) is 5.39 Å². The van der Waals surface area contributed by atoms with Crippen molar-refractivity contribution in [2.24, 2.45) is 0 Å². The minimum atomic E-state index is -0.545. The van der Waals surface area contributed by atoms with E-state index in [4.69, 9.17) is 0 Å². The molecule has 5 aromatic rings. The van der Waals surface area contributed by atoms with Crippen LogP contribution in [0.4, 0.5) is 0 Å². The lowest BCUT2D eigenvalue weighted by atomic mass is 10.0. The molecule has 1 atom stereocenters. The molecule has 208 valence electrons. The van der Waals surface area contributed by atoms with Crippen molar-refractivity contribution >= 4 is 33.5 Å². The number of pyridine rings is 3. The van der Waals surface area contributed by atoms with E-state index >= 15 is 0 Å². The van der Waals surface area contributed by atoms with Gasteiger partial charge in [0.25, 0.3) is 11.5 Å². The maximum Gasteiger partial charge on any atom is 0.264 e. The van der Waals surface area contributed by atoms with Gasteiger partial charge in [0.2, 0.25) is 5.91 Å². The Kier molecular flexibility index (Phi) is 8.21. The van der Waals surface area contributed by atoms with Gasteiger partial charge in [-0.05, 0) is 61.7 Å². The maximum absolute atomic E-state index is 14.2. The number of nitrogens with zero attached hydrogens (tertiary/aromatic N) is 3. The van der Waals surface area contributed by atoms with Crippen LogP contribution in [-0.4, -0.2) is 32.9 Å². The summed E-state index contributed by atoms with van der Waals surface area (Å²) in [6.07, 6.45) is 4.98. The van der Waals surface area contributed by atoms with Crippen LogP contribution >= 0.6 is 0 Å². The van der Waals surface area contributed by atoms with E-state index in [2.05, 4.69) is 39.0 Å². The number of aromatic nitrogens is 3. The first-order valence-electron chi connectivity index (χ1n) is 13.5. The number of rotatable bonds is 7. The van der Waals surface area contributed by atoms with Crippen LogP contribution in [0.2, 0.25) is 0 Å². The largest absolute Gasteiger partial charge is 0.352 e. The van der Waals surface area contributed by atoms with Crippen LogP contribution in [0.15, 0.2) is 96.6 Å². The molecule has 5 rings (SSSR count). The first-order chi connectivity index (χ1) is 20.4. The first-order valence-corrected chi connectivity index (χ1v) is 13.5. The van der Waals surface area contributed by atoms with E-state index in [-0.39, 0.29) is 17.4 Å². The van der Waals surface area contributed by atoms with Crippen molar-refractivity contribution in [3.05, 3.63) is 125 Å². The average Bonchev–Trinajstić information content (AvgIpc) is 3.00. The van der Waals surface area contributed by atoms with Gasteiger partial charge in [-0.2, -0.15) is 0 Å². The summed E-state index contributed by atoms with van der Waals surface area (Å²) in [6.45, 7) is 7.44. The zero-order valence-electron chi connectivity index (χ0n) is 23.3. The molecule has 0 aliphatic carbocycles. The van der Waals surface area contributed by atoms with Gasteiger partial charge in [-0.3, -0.25) is 28.9 Å². The van der Waals surface area contributed by atoms with Gasteiger partial charge in [-0.1, -0.05) is 48.8 Å². The molecule has 8 heteroatoms. The van der Waals surface area contributed by atoms with Gasteiger partial charge in [-0.25, -0.2) is 0 Å². The van der Waals surface area contributed by atoms with Crippen molar-refractivity contribution in [3.63, 3.8) is 0 Å². The highest BCUT2D eigenvalue weighted by molar-refractivity contribution is 6.06. The molecule has 2 aromatic carbocycles. The summed E-state index contributed by atoms with van der Waals surface area (Å²) in [4.78, 5) is 48.0. The molecule has 0 bridgehead atoms. The second kappa shape index (κ2) is 12.3. The molecule has 42 heavy (non-hydrogen) atoms. The number of carbonyl (C=O) groups excluding carboxylic acids is 2. The lowest BCUT2D eigenvalue weighted by Gasteiger charge is -2.22. The zero-order valence-corrected chi connectivity index (χ0v) is 23.3. The van der Waals surface area contributed by atoms with Gasteiger partial charge >= 0.3 is 0 Å². The lowest BCUT2D eigenvalue weighted by Crippen LogP contribution is -2.32. The van der Waals surface area contributed by atoms with Gasteiger partial charge in [0.1, 0.15) is 0 Å². The number of hydrogen-bond acceptors (Lipinski definition) is 5. The van der Waals surface area contributed by atoms with Crippen molar-refractivity contribution in [2.45, 2.75) is 26.3 Å². The topological polar surface area (TPSA) is 106 Å². The highest BCUT2D eigenvalue weighted by Crippen LogP contribution is 2.24. The molecule has 3 aromatic heterocycles. The molecule has 8 nitrogen and oxygen atoms in total. The van der Waals surface area contributed by atoms with Crippen LogP contribution in [0.3, 0.4) is 0 Å². The van der Waals surface area contributed by atoms with E-state index in [0.29, 0.717) is 57.5 Å². The van der Waals surface area contributed by atoms with Crippen LogP contribution in [0, 0.1) is 18.8 Å². The molecule has 0 spiro atoms. The maximum atomic E-state index is 14.2. The Morgan fingerprint density at radius 3 is 2.62 bits per heavy atom. The Bertz CT molecular complexity index is 1950. The second-order valence-corrected chi connectivity index (χ2v) is 9.72. The summed E-state index contributed by atoms with van der Waals surface area (Å²) in [5.41, 5.74) is 3.16. The standard InChI is InChI=1S/C34H29N5O3/c1-4-29(40)35-18-9-8-12-24-13-10-14-25-20-28(39(34(42)31(24)25)27-16-6-5-7-17-27)22(2)38-33(41)30-23(3)37-21-26-15-11-19-36-32(26)30/h4-7,10-11,13-17,19-22H,1,9,18H2,2-3H3,(H,35,40)(H,38,41). The van der Waals surface area contributed by atoms with Gasteiger partial charge in [0.05, 0.1) is 28.2 Å². The summed E-state index contributed by atoms with van der Waals surface area (Å²) >= 11 is 0. The van der Waals surface area contributed by atoms with E-state index in [1.165, 1.54) is 6.08 Å². The molecule has 0 fully saturated rings. The minimum absolute atomic E-state index is 0.246. The van der Waals surface area contributed by atoms with Gasteiger partial charge in [0, 0.05) is 47.7 Å². The molecule has 1 unspecified atom stereocenters. The number of amides is 2. The highest BCUT2D eigenvalue weighted by Gasteiger charge is 2.22. The molecule has 2 N–H and O–H groups in total. The summed E-state index contributed by atoms with van der Waals surface area (Å²) in [7, 11) is 0. The number of carbonyl (C=O) groups is 2. The predicted octanol–water partition coefficient (Wildman–Crippen LogP) is 4.78. The van der Waals surface area contributed by atoms with E-state index in [9.17, 15) is 14.4 Å². The van der Waals surface area contributed by atoms with Crippen LogP contribution in [0.5, 0.6) is 0 Å². The van der Waals surface area contributed by atoms with Crippen molar-refractivity contribution in [1.29, 1.82) is 0 Å². The highest BCUT2D eigenvalue weighted by atomic mass is 16.2. The molecule has 0 saturated carbocycles. The molecule has 0 radical (unpaired) electrons. The fourth-order valence-corrected chi connectivity index (χ4v) is 4.87. The van der Waals surface area contributed by atoms with Crippen molar-refractivity contribution in [1.82, 2.24) is 25.2 Å². The smallest absolute Gasteiger partial charge is 0.264 e. The minimum Gasteiger partial charge on any atom is -0.352 e. The number of nitrogens with one attached hydrogen (secondary N) is 2. The SMILES string of the molecule is C=CC(=O)NCCC#Cc1cccc2cc(C(C)NC(=O)c3c(C)ncc4cccnc34)n(-c3ccccc3)c(=O)c12. The summed E-state index contributed by atoms with van der Waals surface area (Å²) in [5.74, 6) is 5.56. The molecular formula is C34H29N5O3. The van der Waals surface area contributed by atoms with Gasteiger partial charge in [-0.15, -0.1) is 0 Å². The first kappa shape index (κ1) is 28.0. The van der Waals surface area contributed by atoms with Gasteiger partial charge in [0.15, 0.2) is 0 Å². The summed E-state index contributed by atoms with van der Waals surface area (Å²) < 4.78 is 1.62. The molecule has 2 amide bonds. The summed E-state index contributed by atoms with van der Waals surface area (Å²) in [6, 6.07) is 19.9. The third kappa shape index (κ3) is 5.67. The monoisotopic (exact) mass is 555 g/mol. The zero-order chi connectivity index (χ0) is 29.6. The Hall–Kier alpha value is -5.55. The number of para-hydroxylation sites is 1. The summed E-state index contributed by atoms with van der Waals surface area (Å²) in [5, 5.41) is 7.72. The van der Waals surface area contributed by atoms with Crippen molar-refractivity contribution in [3.8, 4) is 17.5 Å². The average molecular weight is 556 g/mol. The normalized spacial score (nSPS) is 11.4. The molecule has 3 heterocycles. The predicted molar refractivity (Wildman–Crippen MR) is 164 cm³/mol. The number of benzene rings is 2. The number of aryl methyl sites for hydroxylation is 1. The van der Waals surface area contributed by atoms with Crippen LogP contribution in [0.25, 0.3) is 27.4 Å². The molecule has 0 aliphatic heterocycles.